The van der Waals surface area contributed by atoms with E-state index in [0.29, 0.717) is 0 Å². The molecule has 96 valence electrons. The zero-order valence-electron chi connectivity index (χ0n) is 10.5. The van der Waals surface area contributed by atoms with E-state index in [4.69, 9.17) is 4.42 Å². The van der Waals surface area contributed by atoms with Crippen molar-refractivity contribution in [3.63, 3.8) is 0 Å². The smallest absolute Gasteiger partial charge is 0.181 e. The maximum absolute atomic E-state index is 5.25. The van der Waals surface area contributed by atoms with E-state index in [9.17, 15) is 0 Å². The van der Waals surface area contributed by atoms with Crippen molar-refractivity contribution in [2.45, 2.75) is 13.0 Å². The predicted octanol–water partition coefficient (Wildman–Crippen LogP) is 3.24. The number of benzene rings is 1. The van der Waals surface area contributed by atoms with E-state index >= 15 is 0 Å². The molecular weight excluding hydrogens is 240 g/mol. The average Bonchev–Trinajstić information content (AvgIpc) is 3.13. The molecule has 0 aliphatic carbocycles. The fraction of sp³-hybridized carbons (Fsp3) is 0.143. The first-order valence-corrected chi connectivity index (χ1v) is 6.07. The van der Waals surface area contributed by atoms with Crippen molar-refractivity contribution in [1.82, 2.24) is 15.2 Å². The number of nitrogens with one attached hydrogen (secondary N) is 2. The molecule has 1 unspecified atom stereocenters. The molecule has 0 fully saturated rings. The van der Waals surface area contributed by atoms with Crippen LogP contribution in [-0.2, 0) is 0 Å². The average molecular weight is 254 g/mol. The molecule has 19 heavy (non-hydrogen) atoms. The van der Waals surface area contributed by atoms with Gasteiger partial charge >= 0.3 is 0 Å². The number of anilines is 1. The lowest BCUT2D eigenvalue weighted by molar-refractivity contribution is 0.572. The predicted molar refractivity (Wildman–Crippen MR) is 72.6 cm³/mol. The Bertz CT molecular complexity index is 614. The van der Waals surface area contributed by atoms with Gasteiger partial charge in [0, 0.05) is 17.4 Å². The minimum Gasteiger partial charge on any atom is -0.444 e. The van der Waals surface area contributed by atoms with Gasteiger partial charge in [-0.1, -0.05) is 0 Å². The lowest BCUT2D eigenvalue weighted by atomic mass is 10.1. The summed E-state index contributed by atoms with van der Waals surface area (Å²) in [5.41, 5.74) is 3.11. The molecule has 5 nitrogen and oxygen atoms in total. The molecule has 2 aromatic heterocycles. The molecule has 1 atom stereocenters. The number of aromatic nitrogens is 3. The third-order valence-electron chi connectivity index (χ3n) is 2.97. The lowest BCUT2D eigenvalue weighted by Gasteiger charge is -2.13. The van der Waals surface area contributed by atoms with Crippen LogP contribution < -0.4 is 5.32 Å². The number of oxazole rings is 1. The quantitative estimate of drug-likeness (QED) is 0.750. The Morgan fingerprint density at radius 1 is 1.21 bits per heavy atom. The fourth-order valence-corrected chi connectivity index (χ4v) is 1.92. The van der Waals surface area contributed by atoms with Crippen LogP contribution in [0.3, 0.4) is 0 Å². The number of aromatic amines is 1. The molecule has 3 aromatic rings. The van der Waals surface area contributed by atoms with Gasteiger partial charge in [-0.2, -0.15) is 5.10 Å². The maximum Gasteiger partial charge on any atom is 0.181 e. The molecule has 0 radical (unpaired) electrons. The fourth-order valence-electron chi connectivity index (χ4n) is 1.92. The highest BCUT2D eigenvalue weighted by molar-refractivity contribution is 5.60. The van der Waals surface area contributed by atoms with E-state index < -0.39 is 0 Å². The Morgan fingerprint density at radius 3 is 2.68 bits per heavy atom. The summed E-state index contributed by atoms with van der Waals surface area (Å²) >= 11 is 0. The van der Waals surface area contributed by atoms with Gasteiger partial charge in [0.15, 0.2) is 12.2 Å². The van der Waals surface area contributed by atoms with Gasteiger partial charge in [0.05, 0.1) is 17.9 Å². The van der Waals surface area contributed by atoms with Crippen LogP contribution >= 0.6 is 0 Å². The minimum absolute atomic E-state index is 0.179. The molecule has 0 bridgehead atoms. The minimum atomic E-state index is 0.179. The molecule has 1 aromatic carbocycles. The van der Waals surface area contributed by atoms with Gasteiger partial charge in [0.2, 0.25) is 0 Å². The molecule has 0 aliphatic heterocycles. The van der Waals surface area contributed by atoms with Crippen molar-refractivity contribution in [1.29, 1.82) is 0 Å². The Hall–Kier alpha value is -2.56. The van der Waals surface area contributed by atoms with Crippen molar-refractivity contribution in [2.24, 2.45) is 0 Å². The first kappa shape index (κ1) is 11.5. The van der Waals surface area contributed by atoms with Gasteiger partial charge in [-0.05, 0) is 37.3 Å². The second kappa shape index (κ2) is 4.97. The molecule has 2 heterocycles. The summed E-state index contributed by atoms with van der Waals surface area (Å²) in [7, 11) is 0. The molecule has 0 saturated carbocycles. The van der Waals surface area contributed by atoms with Crippen LogP contribution in [0.1, 0.15) is 18.7 Å². The Balaban J connectivity index is 1.73. The van der Waals surface area contributed by atoms with Gasteiger partial charge in [-0.15, -0.1) is 0 Å². The highest BCUT2D eigenvalue weighted by Gasteiger charge is 2.07. The normalized spacial score (nSPS) is 12.3. The summed E-state index contributed by atoms with van der Waals surface area (Å²) in [5, 5.41) is 10.3. The number of rotatable bonds is 4. The Kier molecular flexibility index (Phi) is 3.02. The number of hydrogen-bond acceptors (Lipinski definition) is 4. The SMILES string of the molecule is CC(Nc1ccc(-c2cnco2)cc1)c1ccn[nH]1. The molecular formula is C14H14N4O. The highest BCUT2D eigenvalue weighted by atomic mass is 16.3. The second-order valence-corrected chi connectivity index (χ2v) is 4.32. The molecule has 0 saturated heterocycles. The highest BCUT2D eigenvalue weighted by Crippen LogP contribution is 2.23. The van der Waals surface area contributed by atoms with E-state index in [1.54, 1.807) is 12.4 Å². The lowest BCUT2D eigenvalue weighted by Crippen LogP contribution is -2.06. The molecule has 2 N–H and O–H groups in total. The molecule has 5 heteroatoms. The summed E-state index contributed by atoms with van der Waals surface area (Å²) in [4.78, 5) is 3.91. The summed E-state index contributed by atoms with van der Waals surface area (Å²) in [6, 6.07) is 10.2. The molecule has 0 spiro atoms. The number of nitrogens with zero attached hydrogens (tertiary/aromatic N) is 2. The van der Waals surface area contributed by atoms with Crippen molar-refractivity contribution >= 4 is 5.69 Å². The van der Waals surface area contributed by atoms with Gasteiger partial charge in [-0.25, -0.2) is 4.98 Å². The zero-order chi connectivity index (χ0) is 13.1. The van der Waals surface area contributed by atoms with Crippen LogP contribution in [0.2, 0.25) is 0 Å². The van der Waals surface area contributed by atoms with Gasteiger partial charge in [-0.3, -0.25) is 5.10 Å². The zero-order valence-corrected chi connectivity index (χ0v) is 10.5. The molecule has 3 rings (SSSR count). The topological polar surface area (TPSA) is 66.7 Å². The van der Waals surface area contributed by atoms with Gasteiger partial charge in [0.25, 0.3) is 0 Å². The third-order valence-corrected chi connectivity index (χ3v) is 2.97. The van der Waals surface area contributed by atoms with Crippen molar-refractivity contribution in [3.8, 4) is 11.3 Å². The molecule has 0 aliphatic rings. The van der Waals surface area contributed by atoms with Crippen LogP contribution in [0.25, 0.3) is 11.3 Å². The maximum atomic E-state index is 5.25. The van der Waals surface area contributed by atoms with Crippen molar-refractivity contribution < 1.29 is 4.42 Å². The van der Waals surface area contributed by atoms with Crippen LogP contribution in [0.15, 0.2) is 53.5 Å². The van der Waals surface area contributed by atoms with Crippen molar-refractivity contribution in [2.75, 3.05) is 5.32 Å². The monoisotopic (exact) mass is 254 g/mol. The summed E-state index contributed by atoms with van der Waals surface area (Å²) in [5.74, 6) is 0.771. The van der Waals surface area contributed by atoms with Gasteiger partial charge in [0.1, 0.15) is 0 Å². The van der Waals surface area contributed by atoms with E-state index in [2.05, 4.69) is 27.4 Å². The van der Waals surface area contributed by atoms with E-state index in [1.165, 1.54) is 6.39 Å². The molecule has 0 amide bonds. The summed E-state index contributed by atoms with van der Waals surface area (Å²) < 4.78 is 5.25. The standard InChI is InChI=1S/C14H14N4O/c1-10(13-6-7-16-18-13)17-12-4-2-11(3-5-12)14-8-15-9-19-14/h2-10,17H,1H3,(H,16,18). The van der Waals surface area contributed by atoms with Crippen molar-refractivity contribution in [3.05, 3.63) is 54.8 Å². The Labute approximate surface area is 110 Å². The summed E-state index contributed by atoms with van der Waals surface area (Å²) in [6.45, 7) is 2.08. The number of H-pyrrole nitrogens is 1. The van der Waals surface area contributed by atoms with E-state index in [-0.39, 0.29) is 6.04 Å². The van der Waals surface area contributed by atoms with Crippen LogP contribution in [-0.4, -0.2) is 15.2 Å². The van der Waals surface area contributed by atoms with E-state index in [1.807, 2.05) is 30.3 Å². The largest absolute Gasteiger partial charge is 0.444 e. The second-order valence-electron chi connectivity index (χ2n) is 4.32. The Morgan fingerprint density at radius 2 is 2.05 bits per heavy atom. The summed E-state index contributed by atoms with van der Waals surface area (Å²) in [6.07, 6.45) is 4.89. The number of hydrogen-bond donors (Lipinski definition) is 2. The van der Waals surface area contributed by atoms with Crippen LogP contribution in [0.4, 0.5) is 5.69 Å². The first-order valence-electron chi connectivity index (χ1n) is 6.07. The van der Waals surface area contributed by atoms with E-state index in [0.717, 1.165) is 22.7 Å². The third kappa shape index (κ3) is 2.49. The van der Waals surface area contributed by atoms with Crippen LogP contribution in [0.5, 0.6) is 0 Å². The first-order chi connectivity index (χ1) is 9.33. The van der Waals surface area contributed by atoms with Crippen LogP contribution in [0, 0.1) is 0 Å². The van der Waals surface area contributed by atoms with Gasteiger partial charge < -0.3 is 9.73 Å².